The molecule has 0 saturated carbocycles. The Balaban J connectivity index is 2.26. The van der Waals surface area contributed by atoms with Gasteiger partial charge in [-0.1, -0.05) is 30.3 Å². The smallest absolute Gasteiger partial charge is 0.328 e. The van der Waals surface area contributed by atoms with Crippen molar-refractivity contribution >= 4 is 18.0 Å². The largest absolute Gasteiger partial charge is 0.480 e. The number of benzene rings is 1. The second kappa shape index (κ2) is 4.05. The van der Waals surface area contributed by atoms with Crippen LogP contribution in [0, 0.1) is 5.41 Å². The van der Waals surface area contributed by atoms with Crippen LogP contribution in [0.25, 0.3) is 6.08 Å². The third kappa shape index (κ3) is 2.06. The molecule has 1 fully saturated rings. The molecule has 0 spiro atoms. The molecule has 4 nitrogen and oxygen atoms in total. The maximum Gasteiger partial charge on any atom is 0.328 e. The fraction of sp³-hybridized carbons (Fsp3) is 0.231. The maximum atomic E-state index is 11.5. The highest BCUT2D eigenvalue weighted by Gasteiger charge is 2.49. The fourth-order valence-corrected chi connectivity index (χ4v) is 1.67. The van der Waals surface area contributed by atoms with E-state index >= 15 is 0 Å². The number of ether oxygens (including phenoxy) is 1. The lowest BCUT2D eigenvalue weighted by Crippen LogP contribution is -2.31. The van der Waals surface area contributed by atoms with E-state index in [0.717, 1.165) is 5.56 Å². The summed E-state index contributed by atoms with van der Waals surface area (Å²) in [7, 11) is 0. The van der Waals surface area contributed by atoms with Gasteiger partial charge in [0.05, 0.1) is 0 Å². The number of carbonyl (C=O) groups is 2. The average Bonchev–Trinajstić information content (AvgIpc) is 2.57. The summed E-state index contributed by atoms with van der Waals surface area (Å²) in [6.45, 7) is 1.38. The van der Waals surface area contributed by atoms with Gasteiger partial charge in [-0.15, -0.1) is 0 Å². The summed E-state index contributed by atoms with van der Waals surface area (Å²) in [4.78, 5) is 22.5. The lowest BCUT2D eigenvalue weighted by atomic mass is 9.88. The van der Waals surface area contributed by atoms with Gasteiger partial charge in [0, 0.05) is 6.42 Å². The predicted molar refractivity (Wildman–Crippen MR) is 60.9 cm³/mol. The molecule has 1 aromatic carbocycles. The molecule has 1 aliphatic heterocycles. The van der Waals surface area contributed by atoms with Crippen molar-refractivity contribution in [1.29, 1.82) is 0 Å². The van der Waals surface area contributed by atoms with Gasteiger partial charge in [-0.2, -0.15) is 0 Å². The Hall–Kier alpha value is -2.10. The first-order chi connectivity index (χ1) is 8.02. The molecule has 88 valence electrons. The molecule has 0 aromatic heterocycles. The number of carbonyl (C=O) groups excluding carboxylic acids is 1. The minimum Gasteiger partial charge on any atom is -0.480 e. The number of hydrogen-bond acceptors (Lipinski definition) is 3. The van der Waals surface area contributed by atoms with Crippen molar-refractivity contribution in [2.24, 2.45) is 5.41 Å². The van der Waals surface area contributed by atoms with Gasteiger partial charge in [-0.05, 0) is 18.6 Å². The molecule has 0 amide bonds. The van der Waals surface area contributed by atoms with Crippen molar-refractivity contribution in [3.8, 4) is 0 Å². The second-order valence-electron chi connectivity index (χ2n) is 4.22. The molecule has 1 aliphatic rings. The summed E-state index contributed by atoms with van der Waals surface area (Å²) in [6.07, 6.45) is 1.78. The Morgan fingerprint density at radius 2 is 2.06 bits per heavy atom. The van der Waals surface area contributed by atoms with E-state index in [1.807, 2.05) is 30.3 Å². The summed E-state index contributed by atoms with van der Waals surface area (Å²) < 4.78 is 4.98. The van der Waals surface area contributed by atoms with Gasteiger partial charge in [0.2, 0.25) is 0 Å². The van der Waals surface area contributed by atoms with Crippen LogP contribution in [0.15, 0.2) is 36.1 Å². The Morgan fingerprint density at radius 3 is 2.59 bits per heavy atom. The maximum absolute atomic E-state index is 11.5. The van der Waals surface area contributed by atoms with E-state index in [1.165, 1.54) is 6.92 Å². The summed E-state index contributed by atoms with van der Waals surface area (Å²) in [5.41, 5.74) is -0.578. The first kappa shape index (κ1) is 11.4. The normalized spacial score (nSPS) is 25.9. The van der Waals surface area contributed by atoms with Gasteiger partial charge in [0.15, 0.2) is 5.41 Å². The Labute approximate surface area is 98.5 Å². The first-order valence-electron chi connectivity index (χ1n) is 5.24. The third-order valence-corrected chi connectivity index (χ3v) is 2.80. The van der Waals surface area contributed by atoms with Crippen LogP contribution in [0.1, 0.15) is 18.9 Å². The molecule has 4 heteroatoms. The standard InChI is InChI=1S/C13H12O4/c1-13(11(14)15)8-10(17-12(13)16)7-9-5-3-2-4-6-9/h2-7H,8H2,1H3,(H,14,15). The number of carboxylic acids is 1. The quantitative estimate of drug-likeness (QED) is 0.626. The number of esters is 1. The van der Waals surface area contributed by atoms with Crippen LogP contribution in [-0.4, -0.2) is 17.0 Å². The predicted octanol–water partition coefficient (Wildman–Crippen LogP) is 2.07. The molecule has 1 N–H and O–H groups in total. The molecule has 1 unspecified atom stereocenters. The van der Waals surface area contributed by atoms with Crippen LogP contribution in [0.3, 0.4) is 0 Å². The van der Waals surface area contributed by atoms with Gasteiger partial charge in [-0.3, -0.25) is 9.59 Å². The average molecular weight is 232 g/mol. The molecule has 1 heterocycles. The van der Waals surface area contributed by atoms with Crippen LogP contribution in [0.5, 0.6) is 0 Å². The molecule has 2 rings (SSSR count). The lowest BCUT2D eigenvalue weighted by molar-refractivity contribution is -0.158. The Kier molecular flexibility index (Phi) is 2.71. The second-order valence-corrected chi connectivity index (χ2v) is 4.22. The van der Waals surface area contributed by atoms with E-state index in [0.29, 0.717) is 5.76 Å². The number of rotatable bonds is 2. The molecule has 0 bridgehead atoms. The SMILES string of the molecule is CC1(C(=O)O)CC(=Cc2ccccc2)OC1=O. The molecular formula is C13H12O4. The zero-order valence-corrected chi connectivity index (χ0v) is 9.34. The van der Waals surface area contributed by atoms with Crippen LogP contribution in [-0.2, 0) is 14.3 Å². The van der Waals surface area contributed by atoms with E-state index in [1.54, 1.807) is 6.08 Å². The summed E-state index contributed by atoms with van der Waals surface area (Å²) in [5, 5.41) is 9.00. The lowest BCUT2D eigenvalue weighted by Gasteiger charge is -2.10. The summed E-state index contributed by atoms with van der Waals surface area (Å²) >= 11 is 0. The highest BCUT2D eigenvalue weighted by Crippen LogP contribution is 2.37. The highest BCUT2D eigenvalue weighted by molar-refractivity contribution is 6.01. The molecule has 1 aromatic rings. The third-order valence-electron chi connectivity index (χ3n) is 2.80. The van der Waals surface area contributed by atoms with Gasteiger partial charge in [-0.25, -0.2) is 0 Å². The van der Waals surface area contributed by atoms with E-state index < -0.39 is 17.4 Å². The van der Waals surface area contributed by atoms with Crippen LogP contribution in [0.2, 0.25) is 0 Å². The van der Waals surface area contributed by atoms with Crippen molar-refractivity contribution in [3.05, 3.63) is 41.7 Å². The minimum atomic E-state index is -1.46. The number of aliphatic carboxylic acids is 1. The molecule has 1 atom stereocenters. The zero-order valence-electron chi connectivity index (χ0n) is 9.34. The molecule has 0 aliphatic carbocycles. The number of hydrogen-bond donors (Lipinski definition) is 1. The van der Waals surface area contributed by atoms with Crippen LogP contribution in [0.4, 0.5) is 0 Å². The highest BCUT2D eigenvalue weighted by atomic mass is 16.5. The van der Waals surface area contributed by atoms with Crippen molar-refractivity contribution in [2.45, 2.75) is 13.3 Å². The summed E-state index contributed by atoms with van der Waals surface area (Å²) in [6, 6.07) is 9.32. The topological polar surface area (TPSA) is 63.6 Å². The van der Waals surface area contributed by atoms with Gasteiger partial charge < -0.3 is 9.84 Å². The van der Waals surface area contributed by atoms with Crippen molar-refractivity contribution in [1.82, 2.24) is 0 Å². The fourth-order valence-electron chi connectivity index (χ4n) is 1.67. The first-order valence-corrected chi connectivity index (χ1v) is 5.24. The van der Waals surface area contributed by atoms with Gasteiger partial charge >= 0.3 is 11.9 Å². The number of carboxylic acid groups (broad SMARTS) is 1. The Bertz CT molecular complexity index is 489. The molecular weight excluding hydrogens is 220 g/mol. The van der Waals surface area contributed by atoms with E-state index in [9.17, 15) is 9.59 Å². The minimum absolute atomic E-state index is 0.0933. The summed E-state index contributed by atoms with van der Waals surface area (Å²) in [5.74, 6) is -1.46. The Morgan fingerprint density at radius 1 is 1.41 bits per heavy atom. The van der Waals surface area contributed by atoms with E-state index in [4.69, 9.17) is 9.84 Å². The zero-order chi connectivity index (χ0) is 12.5. The van der Waals surface area contributed by atoms with Crippen molar-refractivity contribution in [2.75, 3.05) is 0 Å². The molecule has 0 radical (unpaired) electrons. The van der Waals surface area contributed by atoms with Crippen molar-refractivity contribution in [3.63, 3.8) is 0 Å². The van der Waals surface area contributed by atoms with Crippen LogP contribution < -0.4 is 0 Å². The van der Waals surface area contributed by atoms with Crippen LogP contribution >= 0.6 is 0 Å². The molecule has 1 saturated heterocycles. The molecule has 17 heavy (non-hydrogen) atoms. The van der Waals surface area contributed by atoms with E-state index in [2.05, 4.69) is 0 Å². The van der Waals surface area contributed by atoms with Gasteiger partial charge in [0.1, 0.15) is 5.76 Å². The van der Waals surface area contributed by atoms with Crippen molar-refractivity contribution < 1.29 is 19.4 Å². The number of cyclic esters (lactones) is 1. The number of allylic oxidation sites excluding steroid dienone is 1. The van der Waals surface area contributed by atoms with Gasteiger partial charge in [0.25, 0.3) is 0 Å². The monoisotopic (exact) mass is 232 g/mol. The van der Waals surface area contributed by atoms with E-state index in [-0.39, 0.29) is 6.42 Å².